The second-order valence-electron chi connectivity index (χ2n) is 9.99. The number of hydrogen-bond donors (Lipinski definition) is 4. The Labute approximate surface area is 271 Å². The minimum atomic E-state index is -4.09. The first-order chi connectivity index (χ1) is 20.9. The Kier molecular flexibility index (Phi) is 9.68. The number of H-pyrrole nitrogens is 2. The van der Waals surface area contributed by atoms with Crippen LogP contribution in [0.15, 0.2) is 70.6 Å². The number of aromatic amines is 2. The number of carbonyl (C=O) groups excluding carboxylic acids is 2. The number of carbonyl (C=O) groups is 2. The van der Waals surface area contributed by atoms with Gasteiger partial charge in [0.1, 0.15) is 6.04 Å². The van der Waals surface area contributed by atoms with Crippen LogP contribution >= 0.6 is 46.4 Å². The number of benzene rings is 2. The van der Waals surface area contributed by atoms with Gasteiger partial charge in [-0.1, -0.05) is 58.5 Å². The highest BCUT2D eigenvalue weighted by Gasteiger charge is 2.40. The van der Waals surface area contributed by atoms with Gasteiger partial charge in [0.15, 0.2) is 0 Å². The zero-order chi connectivity index (χ0) is 31.6. The van der Waals surface area contributed by atoms with E-state index in [9.17, 15) is 22.8 Å². The number of halogens is 4. The van der Waals surface area contributed by atoms with Crippen LogP contribution in [0.4, 0.5) is 5.69 Å². The first kappa shape index (κ1) is 32.0. The van der Waals surface area contributed by atoms with Crippen molar-refractivity contribution >= 4 is 73.9 Å². The number of amides is 2. The fourth-order valence-electron chi connectivity index (χ4n) is 4.93. The molecule has 11 nitrogen and oxygen atoms in total. The van der Waals surface area contributed by atoms with Crippen LogP contribution in [0.3, 0.4) is 0 Å². The Morgan fingerprint density at radius 2 is 1.64 bits per heavy atom. The zero-order valence-electron chi connectivity index (χ0n) is 22.6. The average molecular weight is 698 g/mol. The lowest BCUT2D eigenvalue weighted by molar-refractivity contribution is -0.125. The van der Waals surface area contributed by atoms with E-state index in [2.05, 4.69) is 25.8 Å². The molecule has 2 aromatic carbocycles. The molecule has 0 spiro atoms. The predicted molar refractivity (Wildman–Crippen MR) is 168 cm³/mol. The molecule has 0 radical (unpaired) electrons. The first-order valence-electron chi connectivity index (χ1n) is 13.2. The maximum absolute atomic E-state index is 13.6. The highest BCUT2D eigenvalue weighted by Crippen LogP contribution is 2.31. The van der Waals surface area contributed by atoms with Gasteiger partial charge < -0.3 is 15.7 Å². The first-order valence-corrected chi connectivity index (χ1v) is 16.1. The van der Waals surface area contributed by atoms with E-state index >= 15 is 0 Å². The number of nitrogens with one attached hydrogen (secondary N) is 4. The van der Waals surface area contributed by atoms with Crippen LogP contribution in [0.5, 0.6) is 0 Å². The summed E-state index contributed by atoms with van der Waals surface area (Å²) >= 11 is 24.2. The van der Waals surface area contributed by atoms with Crippen LogP contribution in [-0.2, 0) is 21.2 Å². The number of hydrogen-bond acceptors (Lipinski definition) is 6. The molecule has 3 heterocycles. The number of anilines is 1. The molecule has 0 bridgehead atoms. The molecule has 4 N–H and O–H groups in total. The molecule has 2 atom stereocenters. The SMILES string of the molecule is O=C(Nc1ccc(C[C@H](NC(=O)[C@@H]2CCCN2S(=O)(=O)c2cc(Cl)cc(Cl)c2)c2cc(=O)[nH][nH]2)cc1)c1c(Cl)cncc1Cl. The number of sulfonamides is 1. The minimum Gasteiger partial charge on any atom is -0.346 e. The molecule has 5 rings (SSSR count). The molecule has 1 fully saturated rings. The molecule has 1 aliphatic rings. The molecule has 4 aromatic rings. The van der Waals surface area contributed by atoms with E-state index in [4.69, 9.17) is 46.4 Å². The van der Waals surface area contributed by atoms with E-state index in [1.54, 1.807) is 24.3 Å². The van der Waals surface area contributed by atoms with Gasteiger partial charge in [0.25, 0.3) is 11.5 Å². The van der Waals surface area contributed by atoms with Gasteiger partial charge in [0, 0.05) is 40.7 Å². The summed E-state index contributed by atoms with van der Waals surface area (Å²) in [6.07, 6.45) is 3.64. The van der Waals surface area contributed by atoms with Crippen molar-refractivity contribution in [3.8, 4) is 0 Å². The van der Waals surface area contributed by atoms with Crippen molar-refractivity contribution in [3.63, 3.8) is 0 Å². The Balaban J connectivity index is 1.33. The lowest BCUT2D eigenvalue weighted by Crippen LogP contribution is -2.47. The van der Waals surface area contributed by atoms with Gasteiger partial charge in [-0.25, -0.2) is 8.42 Å². The molecule has 2 amide bonds. The summed E-state index contributed by atoms with van der Waals surface area (Å²) in [6, 6.07) is 10.4. The highest BCUT2D eigenvalue weighted by molar-refractivity contribution is 7.89. The highest BCUT2D eigenvalue weighted by atomic mass is 35.5. The molecular weight excluding hydrogens is 674 g/mol. The summed E-state index contributed by atoms with van der Waals surface area (Å²) in [4.78, 5) is 41.9. The average Bonchev–Trinajstić information content (AvgIpc) is 3.63. The van der Waals surface area contributed by atoms with Gasteiger partial charge in [-0.05, 0) is 55.2 Å². The second kappa shape index (κ2) is 13.3. The largest absolute Gasteiger partial charge is 0.346 e. The van der Waals surface area contributed by atoms with Gasteiger partial charge >= 0.3 is 0 Å². The van der Waals surface area contributed by atoms with Gasteiger partial charge in [0.2, 0.25) is 15.9 Å². The Bertz CT molecular complexity index is 1840. The summed E-state index contributed by atoms with van der Waals surface area (Å²) in [7, 11) is -4.09. The van der Waals surface area contributed by atoms with Gasteiger partial charge in [0.05, 0.1) is 32.2 Å². The fourth-order valence-corrected chi connectivity index (χ4v) is 7.85. The number of nitrogens with zero attached hydrogens (tertiary/aromatic N) is 2. The zero-order valence-corrected chi connectivity index (χ0v) is 26.5. The standard InChI is InChI=1S/C28H24Cl4N6O5S/c29-16-9-17(30)11-19(10-16)44(42,43)38-7-1-2-24(38)27(40)35-22(23-12-25(39)37-36-23)8-15-3-5-18(6-4-15)34-28(41)26-20(31)13-33-14-21(26)32/h3-6,9-14,22,24H,1-2,7-8H2,(H,34,41)(H,35,40)(H2,36,37,39)/t22-,24-/m0/s1. The van der Waals surface area contributed by atoms with Crippen LogP contribution < -0.4 is 16.2 Å². The van der Waals surface area contributed by atoms with Crippen molar-refractivity contribution in [3.05, 3.63) is 108 Å². The molecule has 16 heteroatoms. The lowest BCUT2D eigenvalue weighted by atomic mass is 10.0. The van der Waals surface area contributed by atoms with Crippen LogP contribution in [0, 0.1) is 0 Å². The number of rotatable bonds is 9. The van der Waals surface area contributed by atoms with E-state index in [-0.39, 0.29) is 43.5 Å². The maximum Gasteiger partial charge on any atom is 0.264 e. The third kappa shape index (κ3) is 7.12. The van der Waals surface area contributed by atoms with Crippen molar-refractivity contribution in [1.82, 2.24) is 24.8 Å². The molecule has 230 valence electrons. The quantitative estimate of drug-likeness (QED) is 0.188. The molecule has 1 aliphatic heterocycles. The van der Waals surface area contributed by atoms with E-state index in [1.165, 1.54) is 36.7 Å². The Morgan fingerprint density at radius 1 is 0.977 bits per heavy atom. The second-order valence-corrected chi connectivity index (χ2v) is 13.6. The molecule has 44 heavy (non-hydrogen) atoms. The minimum absolute atomic E-state index is 0.0908. The lowest BCUT2D eigenvalue weighted by Gasteiger charge is -2.26. The van der Waals surface area contributed by atoms with Crippen molar-refractivity contribution < 1.29 is 18.0 Å². The smallest absolute Gasteiger partial charge is 0.264 e. The molecule has 0 saturated carbocycles. The monoisotopic (exact) mass is 696 g/mol. The van der Waals surface area contributed by atoms with E-state index in [0.717, 1.165) is 9.87 Å². The summed E-state index contributed by atoms with van der Waals surface area (Å²) in [6.45, 7) is 0.138. The van der Waals surface area contributed by atoms with Gasteiger partial charge in [-0.15, -0.1) is 0 Å². The number of pyridine rings is 1. The third-order valence-corrected chi connectivity index (χ3v) is 9.89. The van der Waals surface area contributed by atoms with Crippen LogP contribution in [0.25, 0.3) is 0 Å². The van der Waals surface area contributed by atoms with E-state index in [0.29, 0.717) is 24.2 Å². The van der Waals surface area contributed by atoms with E-state index < -0.39 is 39.5 Å². The predicted octanol–water partition coefficient (Wildman–Crippen LogP) is 5.22. The third-order valence-electron chi connectivity index (χ3n) is 6.99. The molecule has 2 aromatic heterocycles. The maximum atomic E-state index is 13.6. The van der Waals surface area contributed by atoms with Crippen LogP contribution in [-0.4, -0.2) is 52.3 Å². The van der Waals surface area contributed by atoms with Crippen molar-refractivity contribution in [1.29, 1.82) is 0 Å². The fraction of sp³-hybridized carbons (Fsp3) is 0.214. The number of aromatic nitrogens is 3. The summed E-state index contributed by atoms with van der Waals surface area (Å²) in [5.41, 5.74) is 1.31. The van der Waals surface area contributed by atoms with Crippen molar-refractivity contribution in [2.24, 2.45) is 0 Å². The summed E-state index contributed by atoms with van der Waals surface area (Å²) in [5.74, 6) is -1.04. The molecule has 1 saturated heterocycles. The molecular formula is C28H24Cl4N6O5S. The Morgan fingerprint density at radius 3 is 2.25 bits per heavy atom. The Hall–Kier alpha value is -3.39. The topological polar surface area (TPSA) is 157 Å². The van der Waals surface area contributed by atoms with Gasteiger partial charge in [-0.3, -0.25) is 24.5 Å². The van der Waals surface area contributed by atoms with Crippen LogP contribution in [0.2, 0.25) is 20.1 Å². The van der Waals surface area contributed by atoms with Gasteiger partial charge in [-0.2, -0.15) is 4.31 Å². The van der Waals surface area contributed by atoms with Crippen LogP contribution in [0.1, 0.15) is 40.5 Å². The van der Waals surface area contributed by atoms with E-state index in [1.807, 2.05) is 0 Å². The normalized spacial score (nSPS) is 16.0. The molecule has 0 unspecified atom stereocenters. The molecule has 0 aliphatic carbocycles. The van der Waals surface area contributed by atoms with Crippen molar-refractivity contribution in [2.45, 2.75) is 36.2 Å². The van der Waals surface area contributed by atoms with Crippen molar-refractivity contribution in [2.75, 3.05) is 11.9 Å². The summed E-state index contributed by atoms with van der Waals surface area (Å²) in [5, 5.41) is 11.4. The summed E-state index contributed by atoms with van der Waals surface area (Å²) < 4.78 is 28.1.